The van der Waals surface area contributed by atoms with Crippen LogP contribution in [-0.4, -0.2) is 6.54 Å². The summed E-state index contributed by atoms with van der Waals surface area (Å²) in [6, 6.07) is 4.24. The van der Waals surface area contributed by atoms with Gasteiger partial charge in [-0.1, -0.05) is 15.9 Å². The van der Waals surface area contributed by atoms with Crippen molar-refractivity contribution < 1.29 is 0 Å². The Bertz CT molecular complexity index is 294. The van der Waals surface area contributed by atoms with Crippen LogP contribution in [0.15, 0.2) is 16.6 Å². The zero-order chi connectivity index (χ0) is 7.84. The maximum atomic E-state index is 3.52. The molecule has 0 radical (unpaired) electrons. The Morgan fingerprint density at radius 2 is 2.27 bits per heavy atom. The molecule has 1 heterocycles. The lowest BCUT2D eigenvalue weighted by Gasteiger charge is -2.04. The van der Waals surface area contributed by atoms with Crippen LogP contribution in [0, 0.1) is 6.92 Å². The highest BCUT2D eigenvalue weighted by Crippen LogP contribution is 2.30. The van der Waals surface area contributed by atoms with E-state index in [1.165, 1.54) is 27.7 Å². The predicted octanol–water partition coefficient (Wildman–Crippen LogP) is 2.73. The standard InChI is InChI=1S/C9H10BrN/c1-6-7-4-5-11-9(7)3-2-8(6)10/h2-3,11H,4-5H2,1H3. The number of fused-ring (bicyclic) bond motifs is 1. The molecule has 11 heavy (non-hydrogen) atoms. The van der Waals surface area contributed by atoms with Crippen LogP contribution in [0.1, 0.15) is 11.1 Å². The van der Waals surface area contributed by atoms with E-state index >= 15 is 0 Å². The second-order valence-corrected chi connectivity index (χ2v) is 3.73. The van der Waals surface area contributed by atoms with Crippen molar-refractivity contribution in [2.75, 3.05) is 11.9 Å². The minimum Gasteiger partial charge on any atom is -0.384 e. The first-order valence-electron chi connectivity index (χ1n) is 3.81. The van der Waals surface area contributed by atoms with Crippen LogP contribution in [0.2, 0.25) is 0 Å². The van der Waals surface area contributed by atoms with Crippen LogP contribution in [0.3, 0.4) is 0 Å². The van der Waals surface area contributed by atoms with E-state index in [4.69, 9.17) is 0 Å². The second-order valence-electron chi connectivity index (χ2n) is 2.88. The summed E-state index contributed by atoms with van der Waals surface area (Å²) in [5.74, 6) is 0. The molecule has 0 spiro atoms. The smallest absolute Gasteiger partial charge is 0.0376 e. The number of hydrogen-bond donors (Lipinski definition) is 1. The van der Waals surface area contributed by atoms with E-state index in [2.05, 4.69) is 40.3 Å². The number of anilines is 1. The average Bonchev–Trinajstić information content (AvgIpc) is 2.45. The fraction of sp³-hybridized carbons (Fsp3) is 0.333. The largest absolute Gasteiger partial charge is 0.384 e. The van der Waals surface area contributed by atoms with Gasteiger partial charge in [0, 0.05) is 16.7 Å². The number of benzene rings is 1. The lowest BCUT2D eigenvalue weighted by molar-refractivity contribution is 1.09. The van der Waals surface area contributed by atoms with Gasteiger partial charge in [0.05, 0.1) is 0 Å². The van der Waals surface area contributed by atoms with Gasteiger partial charge >= 0.3 is 0 Å². The van der Waals surface area contributed by atoms with Crippen molar-refractivity contribution in [3.8, 4) is 0 Å². The molecule has 1 N–H and O–H groups in total. The zero-order valence-corrected chi connectivity index (χ0v) is 8.03. The summed E-state index contributed by atoms with van der Waals surface area (Å²) in [5, 5.41) is 3.35. The first-order chi connectivity index (χ1) is 5.29. The van der Waals surface area contributed by atoms with Gasteiger partial charge in [-0.05, 0) is 36.6 Å². The summed E-state index contributed by atoms with van der Waals surface area (Å²) in [6.45, 7) is 3.25. The van der Waals surface area contributed by atoms with Crippen molar-refractivity contribution in [1.82, 2.24) is 0 Å². The Morgan fingerprint density at radius 3 is 3.09 bits per heavy atom. The van der Waals surface area contributed by atoms with Crippen molar-refractivity contribution in [2.24, 2.45) is 0 Å². The van der Waals surface area contributed by atoms with E-state index in [0.29, 0.717) is 0 Å². The molecule has 1 aliphatic rings. The molecule has 0 unspecified atom stereocenters. The van der Waals surface area contributed by atoms with Gasteiger partial charge in [0.2, 0.25) is 0 Å². The van der Waals surface area contributed by atoms with Crippen LogP contribution < -0.4 is 5.32 Å². The highest BCUT2D eigenvalue weighted by atomic mass is 79.9. The molecule has 0 aromatic heterocycles. The maximum Gasteiger partial charge on any atom is 0.0376 e. The summed E-state index contributed by atoms with van der Waals surface area (Å²) in [7, 11) is 0. The Kier molecular flexibility index (Phi) is 1.64. The molecule has 58 valence electrons. The van der Waals surface area contributed by atoms with Crippen LogP contribution in [0.5, 0.6) is 0 Å². The van der Waals surface area contributed by atoms with Crippen molar-refractivity contribution in [3.63, 3.8) is 0 Å². The number of nitrogens with one attached hydrogen (secondary N) is 1. The summed E-state index contributed by atoms with van der Waals surface area (Å²) in [5.41, 5.74) is 4.16. The minimum atomic E-state index is 1.09. The first-order valence-corrected chi connectivity index (χ1v) is 4.60. The van der Waals surface area contributed by atoms with Gasteiger partial charge in [-0.25, -0.2) is 0 Å². The van der Waals surface area contributed by atoms with Gasteiger partial charge in [0.1, 0.15) is 0 Å². The Labute approximate surface area is 74.9 Å². The molecule has 1 aromatic carbocycles. The number of hydrogen-bond acceptors (Lipinski definition) is 1. The van der Waals surface area contributed by atoms with E-state index in [-0.39, 0.29) is 0 Å². The van der Waals surface area contributed by atoms with Gasteiger partial charge < -0.3 is 5.32 Å². The summed E-state index contributed by atoms with van der Waals surface area (Å²) in [6.07, 6.45) is 1.17. The number of halogens is 1. The van der Waals surface area contributed by atoms with Crippen LogP contribution in [-0.2, 0) is 6.42 Å². The third kappa shape index (κ3) is 1.06. The Balaban J connectivity index is 2.62. The average molecular weight is 212 g/mol. The van der Waals surface area contributed by atoms with E-state index in [9.17, 15) is 0 Å². The van der Waals surface area contributed by atoms with Crippen molar-refractivity contribution in [2.45, 2.75) is 13.3 Å². The minimum absolute atomic E-state index is 1.09. The molecule has 0 aliphatic carbocycles. The van der Waals surface area contributed by atoms with E-state index in [1.54, 1.807) is 0 Å². The van der Waals surface area contributed by atoms with Crippen LogP contribution in [0.4, 0.5) is 5.69 Å². The molecular formula is C9H10BrN. The lowest BCUT2D eigenvalue weighted by atomic mass is 10.1. The topological polar surface area (TPSA) is 12.0 Å². The molecule has 2 rings (SSSR count). The van der Waals surface area contributed by atoms with Gasteiger partial charge in [-0.2, -0.15) is 0 Å². The molecule has 0 atom stereocenters. The first kappa shape index (κ1) is 7.17. The molecule has 1 aliphatic heterocycles. The highest BCUT2D eigenvalue weighted by molar-refractivity contribution is 9.10. The molecular weight excluding hydrogens is 202 g/mol. The van der Waals surface area contributed by atoms with Crippen molar-refractivity contribution in [3.05, 3.63) is 27.7 Å². The molecule has 2 heteroatoms. The predicted molar refractivity (Wildman–Crippen MR) is 51.1 cm³/mol. The third-order valence-corrected chi connectivity index (χ3v) is 3.08. The van der Waals surface area contributed by atoms with Gasteiger partial charge in [0.15, 0.2) is 0 Å². The summed E-state index contributed by atoms with van der Waals surface area (Å²) < 4.78 is 1.22. The Morgan fingerprint density at radius 1 is 1.45 bits per heavy atom. The molecule has 0 bridgehead atoms. The van der Waals surface area contributed by atoms with Crippen LogP contribution >= 0.6 is 15.9 Å². The normalized spacial score (nSPS) is 14.4. The van der Waals surface area contributed by atoms with Gasteiger partial charge in [0.25, 0.3) is 0 Å². The number of rotatable bonds is 0. The van der Waals surface area contributed by atoms with E-state index in [1.807, 2.05) is 0 Å². The van der Waals surface area contributed by atoms with Gasteiger partial charge in [-0.15, -0.1) is 0 Å². The maximum absolute atomic E-state index is 3.52. The third-order valence-electron chi connectivity index (χ3n) is 2.22. The van der Waals surface area contributed by atoms with Gasteiger partial charge in [-0.3, -0.25) is 0 Å². The second kappa shape index (κ2) is 2.52. The Hall–Kier alpha value is -0.500. The molecule has 0 fully saturated rings. The van der Waals surface area contributed by atoms with Crippen molar-refractivity contribution >= 4 is 21.6 Å². The molecule has 0 amide bonds. The molecule has 0 saturated heterocycles. The van der Waals surface area contributed by atoms with E-state index < -0.39 is 0 Å². The van der Waals surface area contributed by atoms with E-state index in [0.717, 1.165) is 6.54 Å². The fourth-order valence-electron chi connectivity index (χ4n) is 1.54. The zero-order valence-electron chi connectivity index (χ0n) is 6.45. The quantitative estimate of drug-likeness (QED) is 0.697. The SMILES string of the molecule is Cc1c(Br)ccc2c1CCN2. The highest BCUT2D eigenvalue weighted by Gasteiger charge is 2.12. The lowest BCUT2D eigenvalue weighted by Crippen LogP contribution is -1.90. The summed E-state index contributed by atoms with van der Waals surface area (Å²) in [4.78, 5) is 0. The molecule has 1 nitrogen and oxygen atoms in total. The monoisotopic (exact) mass is 211 g/mol. The molecule has 0 saturated carbocycles. The fourth-order valence-corrected chi connectivity index (χ4v) is 1.91. The summed E-state index contributed by atoms with van der Waals surface area (Å²) >= 11 is 3.52. The van der Waals surface area contributed by atoms with Crippen LogP contribution in [0.25, 0.3) is 0 Å². The van der Waals surface area contributed by atoms with Crippen molar-refractivity contribution in [1.29, 1.82) is 0 Å². The molecule has 1 aromatic rings.